The van der Waals surface area contributed by atoms with Crippen LogP contribution in [-0.2, 0) is 17.4 Å². The number of fused-ring (bicyclic) bond motifs is 1. The molecule has 1 aromatic heterocycles. The third-order valence-corrected chi connectivity index (χ3v) is 5.58. The van der Waals surface area contributed by atoms with Gasteiger partial charge in [0.05, 0.1) is 11.3 Å². The minimum absolute atomic E-state index is 0.0789. The molecule has 4 N–H and O–H groups in total. The minimum Gasteiger partial charge on any atom is -0.508 e. The zero-order chi connectivity index (χ0) is 22.2. The number of phenols is 1. The Kier molecular flexibility index (Phi) is 5.10. The van der Waals surface area contributed by atoms with Gasteiger partial charge in [-0.05, 0) is 29.8 Å². The molecule has 160 valence electrons. The summed E-state index contributed by atoms with van der Waals surface area (Å²) in [5, 5.41) is 28.0. The molecule has 1 aliphatic heterocycles. The van der Waals surface area contributed by atoms with Crippen LogP contribution >= 0.6 is 11.3 Å². The van der Waals surface area contributed by atoms with Gasteiger partial charge in [-0.3, -0.25) is 10.1 Å². The van der Waals surface area contributed by atoms with E-state index in [1.54, 1.807) is 23.6 Å². The van der Waals surface area contributed by atoms with Gasteiger partial charge in [-0.15, -0.1) is 11.3 Å². The van der Waals surface area contributed by atoms with Crippen LogP contribution in [0.1, 0.15) is 16.7 Å². The van der Waals surface area contributed by atoms with Crippen molar-refractivity contribution in [2.45, 2.75) is 18.1 Å². The minimum atomic E-state index is -4.72. The molecule has 0 bridgehead atoms. The largest absolute Gasteiger partial charge is 0.508 e. The van der Waals surface area contributed by atoms with Gasteiger partial charge in [0.25, 0.3) is 5.91 Å². The molecule has 0 fully saturated rings. The fraction of sp³-hybridized carbons (Fsp3) is 0.143. The number of aromatic nitrogens is 1. The first-order valence-corrected chi connectivity index (χ1v) is 9.96. The highest BCUT2D eigenvalue weighted by molar-refractivity contribution is 7.13. The molecule has 2 heterocycles. The van der Waals surface area contributed by atoms with E-state index in [0.29, 0.717) is 5.56 Å². The van der Waals surface area contributed by atoms with Crippen molar-refractivity contribution in [2.24, 2.45) is 0 Å². The van der Waals surface area contributed by atoms with Gasteiger partial charge in [0.15, 0.2) is 5.13 Å². The number of benzene rings is 2. The van der Waals surface area contributed by atoms with Crippen LogP contribution in [-0.4, -0.2) is 26.6 Å². The molecule has 0 saturated carbocycles. The van der Waals surface area contributed by atoms with Gasteiger partial charge >= 0.3 is 6.18 Å². The fourth-order valence-electron chi connectivity index (χ4n) is 3.46. The van der Waals surface area contributed by atoms with Crippen molar-refractivity contribution in [2.75, 3.05) is 10.6 Å². The van der Waals surface area contributed by atoms with Gasteiger partial charge in [-0.1, -0.05) is 24.3 Å². The van der Waals surface area contributed by atoms with E-state index in [9.17, 15) is 28.2 Å². The van der Waals surface area contributed by atoms with Gasteiger partial charge in [-0.25, -0.2) is 4.98 Å². The molecule has 31 heavy (non-hydrogen) atoms. The van der Waals surface area contributed by atoms with Crippen molar-refractivity contribution in [1.82, 2.24) is 4.98 Å². The molecule has 10 heteroatoms. The first kappa shape index (κ1) is 20.7. The Bertz CT molecular complexity index is 1160. The average molecular weight is 447 g/mol. The number of hydrogen-bond acceptors (Lipinski definition) is 6. The Hall–Kier alpha value is -3.53. The first-order chi connectivity index (χ1) is 14.7. The van der Waals surface area contributed by atoms with E-state index < -0.39 is 34.6 Å². The molecule has 0 saturated heterocycles. The number of para-hydroxylation sites is 2. The van der Waals surface area contributed by atoms with Crippen LogP contribution in [0.4, 0.5) is 24.0 Å². The molecule has 1 amide bonds. The van der Waals surface area contributed by atoms with Gasteiger partial charge < -0.3 is 15.5 Å². The second kappa shape index (κ2) is 7.62. The number of hydrogen-bond donors (Lipinski definition) is 4. The monoisotopic (exact) mass is 447 g/mol. The number of alkyl halides is 3. The van der Waals surface area contributed by atoms with Crippen LogP contribution < -0.4 is 10.6 Å². The molecule has 2 aromatic carbocycles. The Labute approximate surface area is 178 Å². The Morgan fingerprint density at radius 3 is 2.61 bits per heavy atom. The number of aromatic hydroxyl groups is 1. The maximum atomic E-state index is 13.7. The maximum absolute atomic E-state index is 13.7. The summed E-state index contributed by atoms with van der Waals surface area (Å²) in [7, 11) is 0. The number of phenolic OH excluding ortho intramolecular Hbond substituents is 1. The van der Waals surface area contributed by atoms with E-state index in [0.717, 1.165) is 23.5 Å². The zero-order valence-corrected chi connectivity index (χ0v) is 16.6. The summed E-state index contributed by atoms with van der Waals surface area (Å²) in [6.45, 7) is 0. The van der Waals surface area contributed by atoms with Gasteiger partial charge in [0, 0.05) is 23.6 Å². The number of thiazole rings is 1. The molecule has 4 rings (SSSR count). The summed E-state index contributed by atoms with van der Waals surface area (Å²) >= 11 is 1.13. The molecular weight excluding hydrogens is 431 g/mol. The SMILES string of the molecule is O=C(Nc1nccs1)C1(Cc2ccccc2O)C=C(O)c2cccc(C(F)(F)F)c2N1. The first-order valence-electron chi connectivity index (χ1n) is 9.08. The highest BCUT2D eigenvalue weighted by atomic mass is 32.1. The third kappa shape index (κ3) is 3.93. The van der Waals surface area contributed by atoms with Crippen molar-refractivity contribution in [3.05, 3.63) is 76.8 Å². The van der Waals surface area contributed by atoms with Gasteiger partial charge in [0.2, 0.25) is 0 Å². The topological polar surface area (TPSA) is 94.5 Å². The van der Waals surface area contributed by atoms with Crippen LogP contribution in [0.25, 0.3) is 5.76 Å². The van der Waals surface area contributed by atoms with E-state index in [1.165, 1.54) is 24.4 Å². The summed E-state index contributed by atoms with van der Waals surface area (Å²) in [6, 6.07) is 9.54. The Balaban J connectivity index is 1.85. The Morgan fingerprint density at radius 2 is 1.94 bits per heavy atom. The van der Waals surface area contributed by atoms with E-state index in [4.69, 9.17) is 0 Å². The van der Waals surface area contributed by atoms with Crippen LogP contribution in [0, 0.1) is 0 Å². The predicted molar refractivity (Wildman–Crippen MR) is 111 cm³/mol. The van der Waals surface area contributed by atoms with Gasteiger partial charge in [-0.2, -0.15) is 13.2 Å². The highest BCUT2D eigenvalue weighted by Gasteiger charge is 2.45. The van der Waals surface area contributed by atoms with Crippen molar-refractivity contribution >= 4 is 33.8 Å². The molecule has 0 radical (unpaired) electrons. The van der Waals surface area contributed by atoms with Crippen molar-refractivity contribution in [3.8, 4) is 5.75 Å². The normalized spacial score (nSPS) is 18.0. The summed E-state index contributed by atoms with van der Waals surface area (Å²) < 4.78 is 41.0. The quantitative estimate of drug-likeness (QED) is 0.460. The number of anilines is 2. The summed E-state index contributed by atoms with van der Waals surface area (Å²) in [4.78, 5) is 17.3. The molecule has 6 nitrogen and oxygen atoms in total. The molecular formula is C21H16F3N3O3S. The standard InChI is InChI=1S/C21H16F3N3O3S/c22-21(23,24)14-6-3-5-13-16(29)11-20(27-17(13)14,10-12-4-1-2-7-15(12)28)18(30)26-19-25-8-9-31-19/h1-9,11,27-29H,10H2,(H,25,26,30). The molecule has 0 aliphatic carbocycles. The lowest BCUT2D eigenvalue weighted by atomic mass is 9.83. The van der Waals surface area contributed by atoms with Crippen molar-refractivity contribution in [3.63, 3.8) is 0 Å². The number of rotatable bonds is 4. The lowest BCUT2D eigenvalue weighted by Gasteiger charge is -2.36. The number of carbonyl (C=O) groups excluding carboxylic acids is 1. The van der Waals surface area contributed by atoms with Crippen molar-refractivity contribution in [1.29, 1.82) is 0 Å². The predicted octanol–water partition coefficient (Wildman–Crippen LogP) is 4.81. The van der Waals surface area contributed by atoms with Crippen LogP contribution in [0.3, 0.4) is 0 Å². The summed E-state index contributed by atoms with van der Waals surface area (Å²) in [5.41, 5.74) is -3.04. The number of carbonyl (C=O) groups is 1. The summed E-state index contributed by atoms with van der Waals surface area (Å²) in [6.07, 6.45) is -2.32. The number of nitrogens with zero attached hydrogens (tertiary/aromatic N) is 1. The molecule has 3 aromatic rings. The summed E-state index contributed by atoms with van der Waals surface area (Å²) in [5.74, 6) is -1.35. The van der Waals surface area contributed by atoms with E-state index in [2.05, 4.69) is 15.6 Å². The highest BCUT2D eigenvalue weighted by Crippen LogP contribution is 2.43. The molecule has 0 spiro atoms. The van der Waals surface area contributed by atoms with E-state index >= 15 is 0 Å². The zero-order valence-electron chi connectivity index (χ0n) is 15.8. The van der Waals surface area contributed by atoms with E-state index in [1.807, 2.05) is 0 Å². The number of amides is 1. The van der Waals surface area contributed by atoms with Gasteiger partial charge in [0.1, 0.15) is 17.0 Å². The molecule has 1 atom stereocenters. The number of aliphatic hydroxyl groups excluding tert-OH is 1. The second-order valence-corrected chi connectivity index (χ2v) is 7.84. The Morgan fingerprint density at radius 1 is 1.16 bits per heavy atom. The van der Waals surface area contributed by atoms with Crippen molar-refractivity contribution < 1.29 is 28.2 Å². The number of aliphatic hydroxyl groups is 1. The molecule has 1 aliphatic rings. The second-order valence-electron chi connectivity index (χ2n) is 6.95. The van der Waals surface area contributed by atoms with Crippen LogP contribution in [0.15, 0.2) is 60.1 Å². The lowest BCUT2D eigenvalue weighted by molar-refractivity contribution is -0.137. The van der Waals surface area contributed by atoms with E-state index in [-0.39, 0.29) is 22.9 Å². The van der Waals surface area contributed by atoms with Crippen LogP contribution in [0.2, 0.25) is 0 Å². The average Bonchev–Trinajstić information content (AvgIpc) is 3.22. The van der Waals surface area contributed by atoms with Crippen LogP contribution in [0.5, 0.6) is 5.75 Å². The smallest absolute Gasteiger partial charge is 0.418 e. The fourth-order valence-corrected chi connectivity index (χ4v) is 3.98. The number of halogens is 3. The third-order valence-electron chi connectivity index (χ3n) is 4.90. The lowest BCUT2D eigenvalue weighted by Crippen LogP contribution is -2.52. The maximum Gasteiger partial charge on any atom is 0.418 e. The number of nitrogens with one attached hydrogen (secondary N) is 2. The molecule has 1 unspecified atom stereocenters.